The lowest BCUT2D eigenvalue weighted by atomic mass is 10.1. The summed E-state index contributed by atoms with van der Waals surface area (Å²) in [5.74, 6) is -0.590. The Labute approximate surface area is 115 Å². The highest BCUT2D eigenvalue weighted by Crippen LogP contribution is 2.32. The van der Waals surface area contributed by atoms with E-state index < -0.39 is 5.60 Å². The van der Waals surface area contributed by atoms with Gasteiger partial charge in [0, 0.05) is 16.6 Å². The lowest BCUT2D eigenvalue weighted by Gasteiger charge is -2.17. The second-order valence-corrected chi connectivity index (χ2v) is 6.22. The molecule has 0 atom stereocenters. The van der Waals surface area contributed by atoms with Crippen LogP contribution in [0.15, 0.2) is 18.2 Å². The van der Waals surface area contributed by atoms with E-state index in [2.05, 4.69) is 5.32 Å². The van der Waals surface area contributed by atoms with Crippen LogP contribution in [0.2, 0.25) is 0 Å². The summed E-state index contributed by atoms with van der Waals surface area (Å²) in [5, 5.41) is 12.8. The summed E-state index contributed by atoms with van der Waals surface area (Å²) in [6.07, 6.45) is 0. The normalized spacial score (nSPS) is 11.8. The fourth-order valence-electron chi connectivity index (χ4n) is 1.85. The summed E-state index contributed by atoms with van der Waals surface area (Å²) >= 11 is 1.26. The predicted octanol–water partition coefficient (Wildman–Crippen LogP) is 2.85. The Balaban J connectivity index is 2.33. The van der Waals surface area contributed by atoms with Crippen molar-refractivity contribution >= 4 is 27.3 Å². The first kappa shape index (κ1) is 14.0. The van der Waals surface area contributed by atoms with Gasteiger partial charge >= 0.3 is 0 Å². The van der Waals surface area contributed by atoms with Crippen LogP contribution in [0.3, 0.4) is 0 Å². The Morgan fingerprint density at radius 3 is 2.74 bits per heavy atom. The molecule has 0 aliphatic heterocycles. The number of rotatable bonds is 3. The Morgan fingerprint density at radius 1 is 1.47 bits per heavy atom. The van der Waals surface area contributed by atoms with Crippen molar-refractivity contribution in [1.29, 1.82) is 0 Å². The number of aliphatic hydroxyl groups is 1. The maximum Gasteiger partial charge on any atom is 0.261 e. The number of carbonyl (C=O) groups is 1. The first-order valence-corrected chi connectivity index (χ1v) is 6.79. The molecule has 0 spiro atoms. The monoisotopic (exact) mass is 281 g/mol. The van der Waals surface area contributed by atoms with Crippen molar-refractivity contribution < 1.29 is 14.3 Å². The Hall–Kier alpha value is -1.46. The van der Waals surface area contributed by atoms with Gasteiger partial charge in [-0.25, -0.2) is 4.39 Å². The number of fused-ring (bicyclic) bond motifs is 1. The van der Waals surface area contributed by atoms with Crippen LogP contribution in [0.1, 0.15) is 29.1 Å². The Bertz CT molecular complexity index is 628. The number of hydrogen-bond donors (Lipinski definition) is 2. The quantitative estimate of drug-likeness (QED) is 0.909. The van der Waals surface area contributed by atoms with Crippen LogP contribution in [0.4, 0.5) is 4.39 Å². The standard InChI is InChI=1S/C14H16FNO2S/c1-8-11-9(15)5-4-6-10(11)19-12(8)13(17)16-7-14(2,3)18/h4-6,18H,7H2,1-3H3,(H,16,17). The summed E-state index contributed by atoms with van der Waals surface area (Å²) < 4.78 is 14.5. The van der Waals surface area contributed by atoms with Gasteiger partial charge in [0.15, 0.2) is 0 Å². The molecule has 0 fully saturated rings. The van der Waals surface area contributed by atoms with Crippen molar-refractivity contribution in [2.24, 2.45) is 0 Å². The summed E-state index contributed by atoms with van der Waals surface area (Å²) in [5.41, 5.74) is -0.322. The van der Waals surface area contributed by atoms with E-state index in [-0.39, 0.29) is 18.3 Å². The van der Waals surface area contributed by atoms with Crippen LogP contribution in [0, 0.1) is 12.7 Å². The van der Waals surface area contributed by atoms with Crippen LogP contribution >= 0.6 is 11.3 Å². The number of thiophene rings is 1. The van der Waals surface area contributed by atoms with Crippen LogP contribution in [0.25, 0.3) is 10.1 Å². The van der Waals surface area contributed by atoms with Crippen LogP contribution < -0.4 is 5.32 Å². The number of aryl methyl sites for hydroxylation is 1. The molecule has 2 aromatic rings. The van der Waals surface area contributed by atoms with E-state index in [4.69, 9.17) is 0 Å². The van der Waals surface area contributed by atoms with Gasteiger partial charge < -0.3 is 10.4 Å². The van der Waals surface area contributed by atoms with Gasteiger partial charge in [0.2, 0.25) is 0 Å². The molecule has 102 valence electrons. The van der Waals surface area contributed by atoms with E-state index in [0.29, 0.717) is 15.8 Å². The molecule has 2 N–H and O–H groups in total. The van der Waals surface area contributed by atoms with Gasteiger partial charge in [0.05, 0.1) is 10.5 Å². The third-order valence-electron chi connectivity index (χ3n) is 2.79. The molecule has 19 heavy (non-hydrogen) atoms. The molecule has 1 aromatic carbocycles. The molecular formula is C14H16FNO2S. The molecule has 0 saturated heterocycles. The number of nitrogens with one attached hydrogen (secondary N) is 1. The second-order valence-electron chi connectivity index (χ2n) is 5.16. The van der Waals surface area contributed by atoms with Crippen molar-refractivity contribution in [3.63, 3.8) is 0 Å². The van der Waals surface area contributed by atoms with Gasteiger partial charge in [-0.15, -0.1) is 11.3 Å². The average molecular weight is 281 g/mol. The smallest absolute Gasteiger partial charge is 0.261 e. The molecule has 1 heterocycles. The lowest BCUT2D eigenvalue weighted by Crippen LogP contribution is -2.38. The SMILES string of the molecule is Cc1c(C(=O)NCC(C)(C)O)sc2cccc(F)c12. The van der Waals surface area contributed by atoms with Gasteiger partial charge in [0.25, 0.3) is 5.91 Å². The maximum atomic E-state index is 13.7. The van der Waals surface area contributed by atoms with E-state index in [1.807, 2.05) is 0 Å². The number of benzene rings is 1. The second kappa shape index (κ2) is 4.90. The number of halogens is 1. The molecule has 3 nitrogen and oxygen atoms in total. The number of carbonyl (C=O) groups excluding carboxylic acids is 1. The first-order chi connectivity index (χ1) is 8.79. The molecule has 0 unspecified atom stereocenters. The van der Waals surface area contributed by atoms with Crippen molar-refractivity contribution in [1.82, 2.24) is 5.32 Å². The van der Waals surface area contributed by atoms with Crippen LogP contribution in [-0.2, 0) is 0 Å². The fourth-order valence-corrected chi connectivity index (χ4v) is 2.99. The average Bonchev–Trinajstić information content (AvgIpc) is 2.64. The Morgan fingerprint density at radius 2 is 2.16 bits per heavy atom. The molecule has 0 bridgehead atoms. The predicted molar refractivity (Wildman–Crippen MR) is 75.2 cm³/mol. The van der Waals surface area contributed by atoms with E-state index >= 15 is 0 Å². The van der Waals surface area contributed by atoms with Gasteiger partial charge in [-0.2, -0.15) is 0 Å². The third kappa shape index (κ3) is 2.93. The van der Waals surface area contributed by atoms with Crippen molar-refractivity contribution in [2.75, 3.05) is 6.54 Å². The highest BCUT2D eigenvalue weighted by Gasteiger charge is 2.20. The molecule has 1 aromatic heterocycles. The molecule has 5 heteroatoms. The molecule has 2 rings (SSSR count). The van der Waals surface area contributed by atoms with Crippen molar-refractivity contribution in [3.8, 4) is 0 Å². The van der Waals surface area contributed by atoms with E-state index in [9.17, 15) is 14.3 Å². The fraction of sp³-hybridized carbons (Fsp3) is 0.357. The molecule has 1 amide bonds. The minimum absolute atomic E-state index is 0.155. The van der Waals surface area contributed by atoms with Gasteiger partial charge in [0.1, 0.15) is 5.82 Å². The van der Waals surface area contributed by atoms with Gasteiger partial charge in [-0.05, 0) is 38.5 Å². The summed E-state index contributed by atoms with van der Waals surface area (Å²) in [6, 6.07) is 4.82. The molecule has 0 saturated carbocycles. The lowest BCUT2D eigenvalue weighted by molar-refractivity contribution is 0.0696. The zero-order valence-corrected chi connectivity index (χ0v) is 11.9. The van der Waals surface area contributed by atoms with E-state index in [1.165, 1.54) is 17.4 Å². The molecule has 0 aliphatic carbocycles. The zero-order valence-electron chi connectivity index (χ0n) is 11.1. The summed E-state index contributed by atoms with van der Waals surface area (Å²) in [7, 11) is 0. The van der Waals surface area contributed by atoms with E-state index in [0.717, 1.165) is 4.70 Å². The summed E-state index contributed by atoms with van der Waals surface area (Å²) in [4.78, 5) is 12.5. The van der Waals surface area contributed by atoms with Crippen molar-refractivity contribution in [2.45, 2.75) is 26.4 Å². The largest absolute Gasteiger partial charge is 0.389 e. The van der Waals surface area contributed by atoms with Crippen LogP contribution in [-0.4, -0.2) is 23.2 Å². The van der Waals surface area contributed by atoms with Gasteiger partial charge in [-0.3, -0.25) is 4.79 Å². The topological polar surface area (TPSA) is 49.3 Å². The number of amides is 1. The maximum absolute atomic E-state index is 13.7. The van der Waals surface area contributed by atoms with Gasteiger partial charge in [-0.1, -0.05) is 6.07 Å². The summed E-state index contributed by atoms with van der Waals surface area (Å²) in [6.45, 7) is 5.12. The minimum atomic E-state index is -0.967. The molecular weight excluding hydrogens is 265 g/mol. The highest BCUT2D eigenvalue weighted by atomic mass is 32.1. The zero-order chi connectivity index (χ0) is 14.2. The highest BCUT2D eigenvalue weighted by molar-refractivity contribution is 7.21. The number of hydrogen-bond acceptors (Lipinski definition) is 3. The van der Waals surface area contributed by atoms with Crippen molar-refractivity contribution in [3.05, 3.63) is 34.5 Å². The van der Waals surface area contributed by atoms with Crippen LogP contribution in [0.5, 0.6) is 0 Å². The first-order valence-electron chi connectivity index (χ1n) is 5.98. The van der Waals surface area contributed by atoms with E-state index in [1.54, 1.807) is 32.9 Å². The Kier molecular flexibility index (Phi) is 3.60. The molecule has 0 radical (unpaired) electrons. The third-order valence-corrected chi connectivity index (χ3v) is 4.05. The minimum Gasteiger partial charge on any atom is -0.389 e. The molecule has 0 aliphatic rings.